The van der Waals surface area contributed by atoms with Crippen molar-refractivity contribution >= 4 is 10.0 Å². The molecule has 0 heterocycles. The smallest absolute Gasteiger partial charge is 0.243 e. The van der Waals surface area contributed by atoms with E-state index in [-0.39, 0.29) is 13.0 Å². The fraction of sp³-hybridized carbons (Fsp3) is 0.250. The molecule has 2 aromatic carbocycles. The van der Waals surface area contributed by atoms with Crippen molar-refractivity contribution < 1.29 is 22.3 Å². The van der Waals surface area contributed by atoms with Crippen LogP contribution >= 0.6 is 0 Å². The van der Waals surface area contributed by atoms with E-state index in [4.69, 9.17) is 0 Å². The molecule has 0 fully saturated rings. The highest BCUT2D eigenvalue weighted by Crippen LogP contribution is 2.29. The van der Waals surface area contributed by atoms with Crippen LogP contribution in [0.25, 0.3) is 0 Å². The topological polar surface area (TPSA) is 57.6 Å². The molecule has 124 valence electrons. The van der Waals surface area contributed by atoms with Crippen LogP contribution in [0.2, 0.25) is 0 Å². The molecule has 0 bridgehead atoms. The van der Waals surface area contributed by atoms with Gasteiger partial charge >= 0.3 is 0 Å². The fourth-order valence-corrected chi connectivity index (χ4v) is 3.78. The zero-order valence-corrected chi connectivity index (χ0v) is 13.3. The van der Waals surface area contributed by atoms with Gasteiger partial charge < -0.3 is 5.11 Å². The zero-order valence-electron chi connectivity index (χ0n) is 12.5. The summed E-state index contributed by atoms with van der Waals surface area (Å²) in [7, 11) is -2.79. The van der Waals surface area contributed by atoms with E-state index >= 15 is 0 Å². The van der Waals surface area contributed by atoms with E-state index in [1.54, 1.807) is 30.3 Å². The maximum absolute atomic E-state index is 13.3. The maximum atomic E-state index is 13.3. The fourth-order valence-electron chi connectivity index (χ4n) is 2.37. The minimum absolute atomic E-state index is 0.164. The Hall–Kier alpha value is -1.83. The van der Waals surface area contributed by atoms with Crippen LogP contribution in [-0.2, 0) is 10.0 Å². The van der Waals surface area contributed by atoms with Crippen molar-refractivity contribution in [2.75, 3.05) is 13.7 Å². The summed E-state index contributed by atoms with van der Waals surface area (Å²) in [5, 5.41) is 9.23. The van der Waals surface area contributed by atoms with Crippen molar-refractivity contribution in [2.45, 2.75) is 17.4 Å². The highest BCUT2D eigenvalue weighted by Gasteiger charge is 2.29. The van der Waals surface area contributed by atoms with Crippen molar-refractivity contribution in [1.82, 2.24) is 4.31 Å². The Balaban J connectivity index is 2.44. The van der Waals surface area contributed by atoms with E-state index < -0.39 is 32.6 Å². The Morgan fingerprint density at radius 3 is 2.17 bits per heavy atom. The predicted octanol–water partition coefficient (Wildman–Crippen LogP) is 2.71. The molecule has 0 spiro atoms. The quantitative estimate of drug-likeness (QED) is 0.879. The first-order valence-electron chi connectivity index (χ1n) is 6.96. The normalized spacial score (nSPS) is 13.3. The number of sulfonamides is 1. The van der Waals surface area contributed by atoms with E-state index in [1.165, 1.54) is 7.05 Å². The van der Waals surface area contributed by atoms with Gasteiger partial charge in [0.15, 0.2) is 0 Å². The third-order valence-electron chi connectivity index (χ3n) is 3.54. The van der Waals surface area contributed by atoms with Crippen molar-refractivity contribution in [3.05, 3.63) is 65.7 Å². The van der Waals surface area contributed by atoms with Crippen LogP contribution in [0.3, 0.4) is 0 Å². The Labute approximate surface area is 134 Å². The molecule has 2 aromatic rings. The number of hydrogen-bond donors (Lipinski definition) is 1. The van der Waals surface area contributed by atoms with Crippen LogP contribution in [0, 0.1) is 11.6 Å². The Kier molecular flexibility index (Phi) is 5.46. The number of benzene rings is 2. The molecule has 23 heavy (non-hydrogen) atoms. The molecule has 7 heteroatoms. The molecule has 2 rings (SSSR count). The molecule has 1 N–H and O–H groups in total. The first kappa shape index (κ1) is 17.5. The summed E-state index contributed by atoms with van der Waals surface area (Å²) in [6.07, 6.45) is 0.164. The van der Waals surface area contributed by atoms with Crippen LogP contribution in [-0.4, -0.2) is 31.5 Å². The van der Waals surface area contributed by atoms with Crippen LogP contribution < -0.4 is 0 Å². The molecule has 0 amide bonds. The van der Waals surface area contributed by atoms with Gasteiger partial charge in [-0.1, -0.05) is 30.3 Å². The van der Waals surface area contributed by atoms with Gasteiger partial charge in [-0.15, -0.1) is 0 Å². The Morgan fingerprint density at radius 2 is 1.65 bits per heavy atom. The summed E-state index contributed by atoms with van der Waals surface area (Å²) in [5.41, 5.74) is 0.685. The van der Waals surface area contributed by atoms with Crippen molar-refractivity contribution in [3.8, 4) is 0 Å². The number of aliphatic hydroxyl groups is 1. The number of nitrogens with zero attached hydrogens (tertiary/aromatic N) is 1. The number of hydrogen-bond acceptors (Lipinski definition) is 3. The second-order valence-corrected chi connectivity index (χ2v) is 7.06. The second-order valence-electron chi connectivity index (χ2n) is 5.07. The molecule has 0 aliphatic rings. The van der Waals surface area contributed by atoms with Crippen molar-refractivity contribution in [2.24, 2.45) is 0 Å². The van der Waals surface area contributed by atoms with Crippen molar-refractivity contribution in [3.63, 3.8) is 0 Å². The van der Waals surface area contributed by atoms with Crippen LogP contribution in [0.4, 0.5) is 8.78 Å². The molecule has 4 nitrogen and oxygen atoms in total. The lowest BCUT2D eigenvalue weighted by atomic mass is 10.0. The van der Waals surface area contributed by atoms with Gasteiger partial charge in [-0.05, 0) is 24.1 Å². The lowest BCUT2D eigenvalue weighted by molar-refractivity contribution is 0.240. The number of halogens is 2. The number of aliphatic hydroxyl groups excluding tert-OH is 1. The molecule has 0 aliphatic heterocycles. The third-order valence-corrected chi connectivity index (χ3v) is 5.38. The second kappa shape index (κ2) is 7.16. The molecular weight excluding hydrogens is 324 g/mol. The summed E-state index contributed by atoms with van der Waals surface area (Å²) in [5.74, 6) is -1.93. The lowest BCUT2D eigenvalue weighted by Crippen LogP contribution is -2.32. The first-order chi connectivity index (χ1) is 10.9. The summed E-state index contributed by atoms with van der Waals surface area (Å²) in [4.78, 5) is -0.462. The molecule has 1 unspecified atom stereocenters. The summed E-state index contributed by atoms with van der Waals surface area (Å²) >= 11 is 0. The van der Waals surface area contributed by atoms with E-state index in [0.29, 0.717) is 11.6 Å². The SMILES string of the molecule is CN(C(CCO)c1ccccc1)S(=O)(=O)c1cc(F)cc(F)c1. The van der Waals surface area contributed by atoms with Gasteiger partial charge in [0.25, 0.3) is 0 Å². The molecule has 0 aliphatic carbocycles. The first-order valence-corrected chi connectivity index (χ1v) is 8.40. The highest BCUT2D eigenvalue weighted by molar-refractivity contribution is 7.89. The largest absolute Gasteiger partial charge is 0.396 e. The minimum atomic E-state index is -4.11. The van der Waals surface area contributed by atoms with E-state index in [0.717, 1.165) is 16.4 Å². The molecule has 0 aromatic heterocycles. The van der Waals surface area contributed by atoms with Crippen molar-refractivity contribution in [1.29, 1.82) is 0 Å². The van der Waals surface area contributed by atoms with E-state index in [1.807, 2.05) is 0 Å². The highest BCUT2D eigenvalue weighted by atomic mass is 32.2. The van der Waals surface area contributed by atoms with Gasteiger partial charge in [0.05, 0.1) is 10.9 Å². The molecule has 0 radical (unpaired) electrons. The summed E-state index contributed by atoms with van der Waals surface area (Å²) in [6, 6.07) is 10.3. The third kappa shape index (κ3) is 3.93. The molecule has 1 atom stereocenters. The van der Waals surface area contributed by atoms with Gasteiger partial charge in [-0.25, -0.2) is 17.2 Å². The Morgan fingerprint density at radius 1 is 1.09 bits per heavy atom. The van der Waals surface area contributed by atoms with Crippen LogP contribution in [0.5, 0.6) is 0 Å². The van der Waals surface area contributed by atoms with Gasteiger partial charge in [0, 0.05) is 19.7 Å². The van der Waals surface area contributed by atoms with Gasteiger partial charge in [-0.3, -0.25) is 0 Å². The van der Waals surface area contributed by atoms with E-state index in [2.05, 4.69) is 0 Å². The average Bonchev–Trinajstić information content (AvgIpc) is 2.52. The maximum Gasteiger partial charge on any atom is 0.243 e. The average molecular weight is 341 g/mol. The monoisotopic (exact) mass is 341 g/mol. The number of rotatable bonds is 6. The van der Waals surface area contributed by atoms with Crippen LogP contribution in [0.15, 0.2) is 53.4 Å². The van der Waals surface area contributed by atoms with Gasteiger partial charge in [0.2, 0.25) is 10.0 Å². The van der Waals surface area contributed by atoms with E-state index in [9.17, 15) is 22.3 Å². The van der Waals surface area contributed by atoms with Crippen LogP contribution in [0.1, 0.15) is 18.0 Å². The Bertz CT molecular complexity index is 746. The molecule has 0 saturated heterocycles. The van der Waals surface area contributed by atoms with Gasteiger partial charge in [-0.2, -0.15) is 4.31 Å². The molecule has 0 saturated carbocycles. The zero-order chi connectivity index (χ0) is 17.0. The minimum Gasteiger partial charge on any atom is -0.396 e. The predicted molar refractivity (Wildman–Crippen MR) is 82.2 cm³/mol. The molecular formula is C16H17F2NO3S. The summed E-state index contributed by atoms with van der Waals surface area (Å²) in [6.45, 7) is -0.225. The van der Waals surface area contributed by atoms with Gasteiger partial charge in [0.1, 0.15) is 11.6 Å². The lowest BCUT2D eigenvalue weighted by Gasteiger charge is -2.27. The summed E-state index contributed by atoms with van der Waals surface area (Å²) < 4.78 is 53.0. The standard InChI is InChI=1S/C16H17F2NO3S/c1-19(16(7-8-20)12-5-3-2-4-6-12)23(21,22)15-10-13(17)9-14(18)11-15/h2-6,9-11,16,20H,7-8H2,1H3.